The summed E-state index contributed by atoms with van der Waals surface area (Å²) in [6.07, 6.45) is 0.0880. The van der Waals surface area contributed by atoms with Crippen LogP contribution in [-0.4, -0.2) is 25.4 Å². The molecule has 0 aromatic carbocycles. The molecule has 0 aliphatic heterocycles. The van der Waals surface area contributed by atoms with Gasteiger partial charge >= 0.3 is 13.8 Å². The Morgan fingerprint density at radius 3 is 2.67 bits per heavy atom. The highest BCUT2D eigenvalue weighted by Crippen LogP contribution is 2.19. The molecule has 0 aliphatic rings. The van der Waals surface area contributed by atoms with E-state index in [2.05, 4.69) is 4.74 Å². The molecule has 0 saturated heterocycles. The van der Waals surface area contributed by atoms with Crippen LogP contribution in [0.25, 0.3) is 0 Å². The molecule has 66 valence electrons. The van der Waals surface area contributed by atoms with Crippen LogP contribution in [0.3, 0.4) is 0 Å². The Kier molecular flexibility index (Phi) is 5.23. The Morgan fingerprint density at radius 2 is 2.33 bits per heavy atom. The minimum atomic E-state index is -1.46. The molecular formula is C7H11NO3P+. The van der Waals surface area contributed by atoms with Crippen molar-refractivity contribution in [2.45, 2.75) is 6.92 Å². The minimum absolute atomic E-state index is 0.0880. The second-order valence-corrected chi connectivity index (χ2v) is 3.87. The van der Waals surface area contributed by atoms with Gasteiger partial charge in [0.2, 0.25) is 0 Å². The van der Waals surface area contributed by atoms with Crippen molar-refractivity contribution in [3.05, 3.63) is 0 Å². The maximum atomic E-state index is 10.9. The third-order valence-corrected chi connectivity index (χ3v) is 2.05. The maximum absolute atomic E-state index is 10.9. The zero-order chi connectivity index (χ0) is 9.56. The molecule has 0 N–H and O–H groups in total. The number of rotatable bonds is 4. The molecule has 12 heavy (non-hydrogen) atoms. The molecule has 0 radical (unpaired) electrons. The second-order valence-electron chi connectivity index (χ2n) is 2.24. The highest BCUT2D eigenvalue weighted by molar-refractivity contribution is 7.43. The van der Waals surface area contributed by atoms with Crippen LogP contribution in [-0.2, 0) is 14.1 Å². The van der Waals surface area contributed by atoms with Gasteiger partial charge in [-0.3, -0.25) is 4.79 Å². The molecule has 0 aliphatic carbocycles. The van der Waals surface area contributed by atoms with E-state index in [1.54, 1.807) is 13.0 Å². The summed E-state index contributed by atoms with van der Waals surface area (Å²) in [5, 5.41) is 8.49. The molecule has 0 heterocycles. The minimum Gasteiger partial charge on any atom is -0.465 e. The van der Waals surface area contributed by atoms with E-state index in [-0.39, 0.29) is 12.8 Å². The predicted octanol–water partition coefficient (Wildman–Crippen LogP) is 1.15. The van der Waals surface area contributed by atoms with E-state index >= 15 is 0 Å². The van der Waals surface area contributed by atoms with Gasteiger partial charge in [-0.25, -0.2) is 0 Å². The third kappa shape index (κ3) is 4.05. The predicted molar refractivity (Wildman–Crippen MR) is 44.1 cm³/mol. The van der Waals surface area contributed by atoms with Crippen molar-refractivity contribution in [3.63, 3.8) is 0 Å². The Labute approximate surface area is 72.3 Å². The molecule has 0 bridgehead atoms. The van der Waals surface area contributed by atoms with Gasteiger partial charge in [0, 0.05) is 0 Å². The fraction of sp³-hybridized carbons (Fsp3) is 0.714. The summed E-state index contributed by atoms with van der Waals surface area (Å²) in [6, 6.07) is 1.76. The summed E-state index contributed by atoms with van der Waals surface area (Å²) in [5.41, 5.74) is 0. The Morgan fingerprint density at radius 1 is 1.75 bits per heavy atom. The summed E-state index contributed by atoms with van der Waals surface area (Å²) >= 11 is 0. The molecule has 0 rings (SSSR count). The van der Waals surface area contributed by atoms with E-state index in [0.717, 1.165) is 0 Å². The van der Waals surface area contributed by atoms with Crippen LogP contribution in [0.1, 0.15) is 6.92 Å². The fourth-order valence-electron chi connectivity index (χ4n) is 0.668. The molecule has 0 aromatic rings. The van der Waals surface area contributed by atoms with E-state index < -0.39 is 19.7 Å². The van der Waals surface area contributed by atoms with Gasteiger partial charge in [-0.05, 0) is 6.92 Å². The lowest BCUT2D eigenvalue weighted by molar-refractivity contribution is -0.145. The first kappa shape index (κ1) is 11.1. The van der Waals surface area contributed by atoms with Gasteiger partial charge in [-0.15, -0.1) is 0 Å². The summed E-state index contributed by atoms with van der Waals surface area (Å²) in [5.74, 6) is -1.45. The topological polar surface area (TPSA) is 67.2 Å². The summed E-state index contributed by atoms with van der Waals surface area (Å²) in [6.45, 7) is 3.40. The molecule has 0 fully saturated rings. The molecule has 0 saturated carbocycles. The van der Waals surface area contributed by atoms with Crippen LogP contribution < -0.4 is 0 Å². The number of esters is 1. The number of carbonyl (C=O) groups excluding carboxylic acids is 1. The zero-order valence-electron chi connectivity index (χ0n) is 7.11. The smallest absolute Gasteiger partial charge is 0.337 e. The number of carbonyl (C=O) groups is 1. The highest BCUT2D eigenvalue weighted by atomic mass is 31.1. The monoisotopic (exact) mass is 188 g/mol. The lowest BCUT2D eigenvalue weighted by Gasteiger charge is -2.01. The van der Waals surface area contributed by atoms with Crippen molar-refractivity contribution in [1.82, 2.24) is 0 Å². The molecule has 0 amide bonds. The van der Waals surface area contributed by atoms with E-state index in [1.807, 2.05) is 0 Å². The summed E-state index contributed by atoms with van der Waals surface area (Å²) in [4.78, 5) is 10.9. The SMILES string of the molecule is CCOC(=O)C(C#N)C[P+](C)=O. The van der Waals surface area contributed by atoms with Crippen molar-refractivity contribution >= 4 is 13.8 Å². The number of hydrogen-bond donors (Lipinski definition) is 0. The average Bonchev–Trinajstić information content (AvgIpc) is 2.00. The van der Waals surface area contributed by atoms with Gasteiger partial charge in [0.25, 0.3) is 0 Å². The number of ether oxygens (including phenoxy) is 1. The molecule has 4 nitrogen and oxygen atoms in total. The van der Waals surface area contributed by atoms with Gasteiger partial charge in [0.1, 0.15) is 6.66 Å². The quantitative estimate of drug-likeness (QED) is 0.490. The first-order valence-electron chi connectivity index (χ1n) is 3.56. The summed E-state index contributed by atoms with van der Waals surface area (Å²) < 4.78 is 15.3. The molecular weight excluding hydrogens is 177 g/mol. The molecule has 2 atom stereocenters. The molecule has 2 unspecified atom stereocenters. The Balaban J connectivity index is 4.08. The van der Waals surface area contributed by atoms with Crippen molar-refractivity contribution in [3.8, 4) is 6.07 Å². The van der Waals surface area contributed by atoms with Gasteiger partial charge < -0.3 is 4.74 Å². The van der Waals surface area contributed by atoms with Gasteiger partial charge in [0.15, 0.2) is 12.1 Å². The normalized spacial score (nSPS) is 12.9. The fourth-order valence-corrected chi connectivity index (χ4v) is 1.41. The third-order valence-electron chi connectivity index (χ3n) is 1.17. The van der Waals surface area contributed by atoms with Crippen molar-refractivity contribution in [2.24, 2.45) is 5.92 Å². The highest BCUT2D eigenvalue weighted by Gasteiger charge is 2.26. The van der Waals surface area contributed by atoms with Crippen LogP contribution in [0.4, 0.5) is 0 Å². The first-order valence-corrected chi connectivity index (χ1v) is 5.45. The number of nitrogens with zero attached hydrogens (tertiary/aromatic N) is 1. The first-order chi connectivity index (χ1) is 5.61. The lowest BCUT2D eigenvalue weighted by atomic mass is 10.2. The van der Waals surface area contributed by atoms with Crippen LogP contribution >= 0.6 is 7.80 Å². The number of nitriles is 1. The van der Waals surface area contributed by atoms with Crippen molar-refractivity contribution in [2.75, 3.05) is 19.4 Å². The Hall–Kier alpha value is -0.940. The standard InChI is InChI=1S/C7H11NO3P/c1-3-11-7(9)6(4-8)5-12(2)10/h6H,3,5H2,1-2H3/q+1. The van der Waals surface area contributed by atoms with Crippen molar-refractivity contribution < 1.29 is 14.1 Å². The van der Waals surface area contributed by atoms with Crippen molar-refractivity contribution in [1.29, 1.82) is 5.26 Å². The molecule has 0 spiro atoms. The number of hydrogen-bond acceptors (Lipinski definition) is 4. The zero-order valence-corrected chi connectivity index (χ0v) is 8.01. The van der Waals surface area contributed by atoms with Crippen LogP contribution in [0, 0.1) is 17.2 Å². The van der Waals surface area contributed by atoms with E-state index in [1.165, 1.54) is 6.66 Å². The van der Waals surface area contributed by atoms with Gasteiger partial charge in [0.05, 0.1) is 12.7 Å². The van der Waals surface area contributed by atoms with E-state index in [4.69, 9.17) is 5.26 Å². The van der Waals surface area contributed by atoms with Gasteiger partial charge in [-0.2, -0.15) is 5.26 Å². The van der Waals surface area contributed by atoms with Crippen LogP contribution in [0.2, 0.25) is 0 Å². The molecule has 5 heteroatoms. The Bertz CT molecular complexity index is 221. The summed E-state index contributed by atoms with van der Waals surface area (Å²) in [7, 11) is -1.46. The second kappa shape index (κ2) is 5.68. The van der Waals surface area contributed by atoms with Gasteiger partial charge in [-0.1, -0.05) is 4.57 Å². The lowest BCUT2D eigenvalue weighted by Crippen LogP contribution is -2.18. The maximum Gasteiger partial charge on any atom is 0.337 e. The van der Waals surface area contributed by atoms with E-state index in [0.29, 0.717) is 0 Å². The average molecular weight is 188 g/mol. The molecule has 0 aromatic heterocycles. The van der Waals surface area contributed by atoms with E-state index in [9.17, 15) is 9.36 Å². The van der Waals surface area contributed by atoms with Crippen LogP contribution in [0.15, 0.2) is 0 Å². The largest absolute Gasteiger partial charge is 0.465 e. The van der Waals surface area contributed by atoms with Crippen LogP contribution in [0.5, 0.6) is 0 Å².